The average molecular weight is 237 g/mol. The summed E-state index contributed by atoms with van der Waals surface area (Å²) in [5.41, 5.74) is 0. The summed E-state index contributed by atoms with van der Waals surface area (Å²) < 4.78 is 0. The molecule has 0 aliphatic carbocycles. The summed E-state index contributed by atoms with van der Waals surface area (Å²) in [5.74, 6) is 2.04. The van der Waals surface area contributed by atoms with E-state index in [4.69, 9.17) is 11.8 Å². The molecule has 0 aromatic rings. The molecule has 0 spiro atoms. The van der Waals surface area contributed by atoms with Gasteiger partial charge in [-0.25, -0.2) is 18.6 Å². The molecular weight excluding hydrogens is 217 g/mol. The van der Waals surface area contributed by atoms with Gasteiger partial charge in [0.05, 0.1) is 0 Å². The largest absolute Gasteiger partial charge is 2.00 e. The Labute approximate surface area is 113 Å². The van der Waals surface area contributed by atoms with Crippen LogP contribution >= 0.6 is 0 Å². The molecule has 0 aromatic carbocycles. The first-order valence-corrected chi connectivity index (χ1v) is 3.98. The van der Waals surface area contributed by atoms with Crippen molar-refractivity contribution in [3.63, 3.8) is 0 Å². The number of nitrogens with zero attached hydrogens (tertiary/aromatic N) is 1. The third-order valence-electron chi connectivity index (χ3n) is 0.986. The Morgan fingerprint density at radius 3 is 1.57 bits per heavy atom. The molecule has 0 aliphatic heterocycles. The molecule has 0 aliphatic rings. The van der Waals surface area contributed by atoms with Crippen molar-refractivity contribution in [3.05, 3.63) is 32.1 Å². The second kappa shape index (κ2) is 29.2. The van der Waals surface area contributed by atoms with Crippen LogP contribution in [0.4, 0.5) is 0 Å². The minimum atomic E-state index is 0. The van der Waals surface area contributed by atoms with Crippen molar-refractivity contribution in [3.8, 4) is 0 Å². The van der Waals surface area contributed by atoms with Crippen LogP contribution in [0.25, 0.3) is 0 Å². The van der Waals surface area contributed by atoms with E-state index in [1.165, 1.54) is 5.92 Å². The van der Waals surface area contributed by atoms with E-state index in [-0.39, 0.29) is 35.9 Å². The molecule has 0 amide bonds. The maximum Gasteiger partial charge on any atom is 2.00 e. The molecule has 3 heteroatoms. The van der Waals surface area contributed by atoms with Gasteiger partial charge in [0.15, 0.2) is 0 Å². The second-order valence-electron chi connectivity index (χ2n) is 2.96. The van der Waals surface area contributed by atoms with Crippen molar-refractivity contribution in [2.45, 2.75) is 34.1 Å². The van der Waals surface area contributed by atoms with E-state index in [0.717, 1.165) is 12.3 Å². The Morgan fingerprint density at radius 2 is 1.57 bits per heavy atom. The first kappa shape index (κ1) is 29.2. The Balaban J connectivity index is -0.0000000292. The summed E-state index contributed by atoms with van der Waals surface area (Å²) in [4.78, 5) is 0. The van der Waals surface area contributed by atoms with E-state index in [1.54, 1.807) is 0 Å². The Morgan fingerprint density at radius 1 is 1.43 bits per heavy atom. The van der Waals surface area contributed by atoms with Gasteiger partial charge in [-0.05, 0) is 0 Å². The summed E-state index contributed by atoms with van der Waals surface area (Å²) in [6.45, 7) is 20.3. The molecule has 0 rings (SSSR count). The van der Waals surface area contributed by atoms with Crippen LogP contribution in [0.1, 0.15) is 34.1 Å². The molecule has 14 heavy (non-hydrogen) atoms. The summed E-state index contributed by atoms with van der Waals surface area (Å²) in [6, 6.07) is 0. The molecular formula is C11H20CuLiN. The van der Waals surface area contributed by atoms with Gasteiger partial charge in [-0.3, -0.25) is 0 Å². The van der Waals surface area contributed by atoms with E-state index < -0.39 is 0 Å². The maximum atomic E-state index is 6.25. The van der Waals surface area contributed by atoms with Crippen molar-refractivity contribution < 1.29 is 35.9 Å². The number of rotatable bonds is 2. The molecule has 1 radical (unpaired) electrons. The van der Waals surface area contributed by atoms with Crippen LogP contribution in [0, 0.1) is 30.6 Å². The quantitative estimate of drug-likeness (QED) is 0.513. The standard InChI is InChI=1S/C5H11.C5H9.CN.Cu.Li/c2*1-4-5(2)3;1-2;;/h5H,1,4H2,2-3H3;4H,1H2,2-3H3;;;/q3*-1;+2;+1. The summed E-state index contributed by atoms with van der Waals surface area (Å²) >= 11 is 0. The van der Waals surface area contributed by atoms with Gasteiger partial charge >= 0.3 is 35.9 Å². The molecule has 0 N–H and O–H groups in total. The van der Waals surface area contributed by atoms with Crippen molar-refractivity contribution in [2.75, 3.05) is 0 Å². The molecule has 0 unspecified atom stereocenters. The van der Waals surface area contributed by atoms with Gasteiger partial charge < -0.3 is 18.8 Å². The van der Waals surface area contributed by atoms with Gasteiger partial charge in [-0.1, -0.05) is 19.8 Å². The van der Waals surface area contributed by atoms with Crippen LogP contribution in [0.3, 0.4) is 0 Å². The first-order valence-electron chi connectivity index (χ1n) is 3.98. The number of hydrogen-bond acceptors (Lipinski definition) is 1. The summed E-state index contributed by atoms with van der Waals surface area (Å²) in [5, 5.41) is 6.25. The fraction of sp³-hybridized carbons (Fsp3) is 0.545. The van der Waals surface area contributed by atoms with Crippen molar-refractivity contribution in [1.29, 1.82) is 5.26 Å². The maximum absolute atomic E-state index is 6.25. The molecule has 0 heterocycles. The SMILES string of the molecule is C=C[C-](C)C.[C-]#N.[CH2-]CC(C)C.[Cu+2].[Li+]. The zero-order chi connectivity index (χ0) is 10.6. The zero-order valence-corrected chi connectivity index (χ0v) is 11.0. The van der Waals surface area contributed by atoms with E-state index in [1.807, 2.05) is 19.9 Å². The fourth-order valence-electron chi connectivity index (χ4n) is 0. The van der Waals surface area contributed by atoms with E-state index in [2.05, 4.69) is 27.4 Å². The normalized spacial score (nSPS) is 6.00. The van der Waals surface area contributed by atoms with Gasteiger partial charge in [0.1, 0.15) is 0 Å². The van der Waals surface area contributed by atoms with E-state index >= 15 is 0 Å². The van der Waals surface area contributed by atoms with Gasteiger partial charge in [-0.2, -0.15) is 6.42 Å². The second-order valence-corrected chi connectivity index (χ2v) is 2.96. The number of allylic oxidation sites excluding steroid dienone is 1. The fourth-order valence-corrected chi connectivity index (χ4v) is 0. The van der Waals surface area contributed by atoms with Crippen LogP contribution in [-0.2, 0) is 17.1 Å². The van der Waals surface area contributed by atoms with Crippen LogP contribution < -0.4 is 18.9 Å². The average Bonchev–Trinajstić information content (AvgIpc) is 2.09. The molecule has 1 nitrogen and oxygen atoms in total. The minimum absolute atomic E-state index is 0. The molecule has 0 saturated heterocycles. The molecule has 0 bridgehead atoms. The molecule has 0 fully saturated rings. The van der Waals surface area contributed by atoms with Crippen LogP contribution in [0.15, 0.2) is 12.7 Å². The predicted octanol–water partition coefficient (Wildman–Crippen LogP) is 0.751. The van der Waals surface area contributed by atoms with Gasteiger partial charge in [0.2, 0.25) is 0 Å². The van der Waals surface area contributed by atoms with Crippen LogP contribution in [0.2, 0.25) is 0 Å². The molecule has 0 aromatic heterocycles. The monoisotopic (exact) mass is 236 g/mol. The van der Waals surface area contributed by atoms with E-state index in [0.29, 0.717) is 0 Å². The van der Waals surface area contributed by atoms with Crippen molar-refractivity contribution in [2.24, 2.45) is 5.92 Å². The third-order valence-corrected chi connectivity index (χ3v) is 0.986. The van der Waals surface area contributed by atoms with Gasteiger partial charge in [0.25, 0.3) is 0 Å². The van der Waals surface area contributed by atoms with Crippen LogP contribution in [-0.4, -0.2) is 0 Å². The third kappa shape index (κ3) is 86.4. The van der Waals surface area contributed by atoms with Crippen LogP contribution in [0.5, 0.6) is 0 Å². The smallest absolute Gasteiger partial charge is 0.512 e. The Bertz CT molecular complexity index is 101. The van der Waals surface area contributed by atoms with Gasteiger partial charge in [-0.15, -0.1) is 13.8 Å². The molecule has 0 saturated carbocycles. The molecule has 0 atom stereocenters. The Hall–Kier alpha value is 0.217. The minimum Gasteiger partial charge on any atom is -0.512 e. The summed E-state index contributed by atoms with van der Waals surface area (Å²) in [7, 11) is 0. The summed E-state index contributed by atoms with van der Waals surface area (Å²) in [6.07, 6.45) is 2.89. The predicted molar refractivity (Wildman–Crippen MR) is 54.6 cm³/mol. The first-order chi connectivity index (χ1) is 5.54. The van der Waals surface area contributed by atoms with Gasteiger partial charge in [0, 0.05) is 0 Å². The van der Waals surface area contributed by atoms with Crippen molar-refractivity contribution in [1.82, 2.24) is 0 Å². The van der Waals surface area contributed by atoms with E-state index in [9.17, 15) is 0 Å². The Kier molecular flexibility index (Phi) is 61.0. The number of hydrogen-bond donors (Lipinski definition) is 0. The zero-order valence-electron chi connectivity index (χ0n) is 10.0. The topological polar surface area (TPSA) is 23.8 Å². The van der Waals surface area contributed by atoms with Crippen molar-refractivity contribution >= 4 is 0 Å². The molecule has 81 valence electrons.